The third-order valence-corrected chi connectivity index (χ3v) is 12.7. The second-order valence-corrected chi connectivity index (χ2v) is 19.8. The molecule has 9 aromatic rings. The van der Waals surface area contributed by atoms with Crippen LogP contribution in [0.2, 0.25) is 0 Å². The molecule has 0 spiro atoms. The molecule has 0 unspecified atom stereocenters. The number of benzene rings is 9. The van der Waals surface area contributed by atoms with E-state index in [-0.39, 0.29) is 0 Å². The van der Waals surface area contributed by atoms with Crippen molar-refractivity contribution < 1.29 is 0 Å². The first-order chi connectivity index (χ1) is 33.3. The Balaban J connectivity index is 0.000000169. The molecule has 0 amide bonds. The van der Waals surface area contributed by atoms with Crippen LogP contribution in [0.25, 0.3) is 33.4 Å². The van der Waals surface area contributed by atoms with Gasteiger partial charge in [0.25, 0.3) is 0 Å². The molecule has 0 aromatic heterocycles. The SMILES string of the molecule is Cc1cc(C)cc(C)c1.Cc1ccc(-c2ccc(C)cc2-c2ccc(C)cc2)cc1.Cc1ccc(-c2ccc(C)cc2C)cc1.Cc1ccc(C)c(C)c1.Cc1ccc(Cc2ccc(C)cc2C)cc1. The molecule has 0 N–H and O–H groups in total. The largest absolute Gasteiger partial charge is 0.0590 e. The summed E-state index contributed by atoms with van der Waals surface area (Å²) in [6.07, 6.45) is 1.03. The van der Waals surface area contributed by atoms with Crippen molar-refractivity contribution in [2.75, 3.05) is 0 Å². The quantitative estimate of drug-likeness (QED) is 0.161. The second-order valence-electron chi connectivity index (χ2n) is 19.8. The molecule has 0 aliphatic carbocycles. The summed E-state index contributed by atoms with van der Waals surface area (Å²) in [5.74, 6) is 0. The van der Waals surface area contributed by atoms with Gasteiger partial charge in [-0.2, -0.15) is 0 Å². The van der Waals surface area contributed by atoms with E-state index in [1.54, 1.807) is 0 Å². The van der Waals surface area contributed by atoms with Crippen LogP contribution in [0.15, 0.2) is 188 Å². The maximum Gasteiger partial charge on any atom is -0.00231 e. The molecule has 358 valence electrons. The fourth-order valence-corrected chi connectivity index (χ4v) is 8.55. The standard InChI is InChI=1S/C21H20.C16H18.C15H16.2C9H12/c1-15-4-9-18(10-5-15)20-13-8-17(3)14-21(20)19-11-6-16(2)7-12-19;1-12-4-7-15(8-5-12)11-16-9-6-13(2)10-14(16)3;1-11-4-7-14(8-5-11)15-9-6-12(2)10-13(15)3;1-7-4-8(2)6-9(3)5-7;1-7-4-5-8(2)9(3)6-7/h4-14H,1-3H3;4-10H,11H2,1-3H3;4-10H,1-3H3;2*4-6H,1-3H3. The van der Waals surface area contributed by atoms with E-state index in [9.17, 15) is 0 Å². The lowest BCUT2D eigenvalue weighted by molar-refractivity contribution is 1.14. The highest BCUT2D eigenvalue weighted by Crippen LogP contribution is 2.33. The summed E-state index contributed by atoms with van der Waals surface area (Å²) >= 11 is 0. The van der Waals surface area contributed by atoms with Crippen LogP contribution >= 0.6 is 0 Å². The summed E-state index contributed by atoms with van der Waals surface area (Å²) in [4.78, 5) is 0. The van der Waals surface area contributed by atoms with E-state index in [2.05, 4.69) is 292 Å². The van der Waals surface area contributed by atoms with Gasteiger partial charge in [-0.05, 0) is 177 Å². The maximum absolute atomic E-state index is 2.28. The highest BCUT2D eigenvalue weighted by atomic mass is 14.1. The molecule has 0 atom stereocenters. The van der Waals surface area contributed by atoms with Crippen LogP contribution in [0.1, 0.15) is 94.6 Å². The first-order valence-corrected chi connectivity index (χ1v) is 24.9. The molecule has 0 radical (unpaired) electrons. The monoisotopic (exact) mass is 919 g/mol. The predicted octanol–water partition coefficient (Wildman–Crippen LogP) is 19.7. The molecular weight excluding hydrogens is 841 g/mol. The van der Waals surface area contributed by atoms with Gasteiger partial charge in [0.2, 0.25) is 0 Å². The molecule has 0 heteroatoms. The summed E-state index contributed by atoms with van der Waals surface area (Å²) in [6, 6.07) is 68.1. The number of hydrogen-bond acceptors (Lipinski definition) is 0. The van der Waals surface area contributed by atoms with Crippen molar-refractivity contribution in [3.05, 3.63) is 283 Å². The fourth-order valence-electron chi connectivity index (χ4n) is 8.55. The van der Waals surface area contributed by atoms with Crippen LogP contribution < -0.4 is 0 Å². The highest BCUT2D eigenvalue weighted by Gasteiger charge is 2.08. The normalized spacial score (nSPS) is 10.3. The second kappa shape index (κ2) is 26.1. The Hall–Kier alpha value is -7.02. The van der Waals surface area contributed by atoms with Crippen LogP contribution in [0.5, 0.6) is 0 Å². The summed E-state index contributed by atoms with van der Waals surface area (Å²) in [5.41, 5.74) is 30.7. The van der Waals surface area contributed by atoms with Crippen molar-refractivity contribution in [2.24, 2.45) is 0 Å². The van der Waals surface area contributed by atoms with Crippen molar-refractivity contribution in [1.29, 1.82) is 0 Å². The molecule has 0 saturated heterocycles. The van der Waals surface area contributed by atoms with Gasteiger partial charge in [0.05, 0.1) is 0 Å². The van der Waals surface area contributed by atoms with Gasteiger partial charge < -0.3 is 0 Å². The molecule has 0 bridgehead atoms. The Bertz CT molecular complexity index is 3000. The van der Waals surface area contributed by atoms with E-state index in [1.807, 2.05) is 0 Å². The summed E-state index contributed by atoms with van der Waals surface area (Å²) in [6.45, 7) is 32.0. The molecule has 0 heterocycles. The minimum Gasteiger partial charge on any atom is -0.0590 e. The lowest BCUT2D eigenvalue weighted by Gasteiger charge is -2.12. The van der Waals surface area contributed by atoms with Gasteiger partial charge in [-0.1, -0.05) is 249 Å². The van der Waals surface area contributed by atoms with E-state index < -0.39 is 0 Å². The lowest BCUT2D eigenvalue weighted by atomic mass is 9.92. The van der Waals surface area contributed by atoms with Gasteiger partial charge >= 0.3 is 0 Å². The molecule has 9 aromatic carbocycles. The van der Waals surface area contributed by atoms with Gasteiger partial charge in [-0.15, -0.1) is 0 Å². The molecule has 9 rings (SSSR count). The topological polar surface area (TPSA) is 0 Å². The van der Waals surface area contributed by atoms with Crippen LogP contribution in [0.4, 0.5) is 0 Å². The predicted molar refractivity (Wildman–Crippen MR) is 309 cm³/mol. The van der Waals surface area contributed by atoms with E-state index >= 15 is 0 Å². The molecule has 70 heavy (non-hydrogen) atoms. The van der Waals surface area contributed by atoms with Crippen molar-refractivity contribution in [3.63, 3.8) is 0 Å². The number of aryl methyl sites for hydroxylation is 15. The Morgan fingerprint density at radius 3 is 0.943 bits per heavy atom. The number of hydrogen-bond donors (Lipinski definition) is 0. The first-order valence-electron chi connectivity index (χ1n) is 24.9. The minimum atomic E-state index is 1.03. The van der Waals surface area contributed by atoms with Crippen molar-refractivity contribution in [1.82, 2.24) is 0 Å². The first kappa shape index (κ1) is 53.9. The van der Waals surface area contributed by atoms with E-state index in [4.69, 9.17) is 0 Å². The smallest absolute Gasteiger partial charge is 0.00231 e. The Labute approximate surface area is 424 Å². The maximum atomic E-state index is 2.28. The van der Waals surface area contributed by atoms with Gasteiger partial charge in [0, 0.05) is 0 Å². The molecule has 0 aliphatic heterocycles. The Morgan fingerprint density at radius 2 is 0.529 bits per heavy atom. The molecule has 0 saturated carbocycles. The molecule has 0 fully saturated rings. The zero-order chi connectivity index (χ0) is 50.9. The molecule has 0 nitrogen and oxygen atoms in total. The van der Waals surface area contributed by atoms with Gasteiger partial charge in [-0.25, -0.2) is 0 Å². The zero-order valence-electron chi connectivity index (χ0n) is 45.1. The van der Waals surface area contributed by atoms with Crippen molar-refractivity contribution >= 4 is 0 Å². The molecule has 0 aliphatic rings. The van der Waals surface area contributed by atoms with Gasteiger partial charge in [-0.3, -0.25) is 0 Å². The lowest BCUT2D eigenvalue weighted by Crippen LogP contribution is -1.92. The van der Waals surface area contributed by atoms with E-state index in [0.717, 1.165) is 6.42 Å². The van der Waals surface area contributed by atoms with Crippen molar-refractivity contribution in [2.45, 2.75) is 110 Å². The van der Waals surface area contributed by atoms with Crippen LogP contribution in [-0.2, 0) is 6.42 Å². The van der Waals surface area contributed by atoms with Crippen LogP contribution in [0.3, 0.4) is 0 Å². The van der Waals surface area contributed by atoms with Gasteiger partial charge in [0.1, 0.15) is 0 Å². The zero-order valence-corrected chi connectivity index (χ0v) is 45.1. The minimum absolute atomic E-state index is 1.03. The number of rotatable bonds is 5. The van der Waals surface area contributed by atoms with Crippen LogP contribution in [0, 0.1) is 104 Å². The third-order valence-electron chi connectivity index (χ3n) is 12.7. The fraction of sp³-hybridized carbons (Fsp3) is 0.229. The van der Waals surface area contributed by atoms with Gasteiger partial charge in [0.15, 0.2) is 0 Å². The van der Waals surface area contributed by atoms with Crippen LogP contribution in [-0.4, -0.2) is 0 Å². The summed E-state index contributed by atoms with van der Waals surface area (Å²) < 4.78 is 0. The highest BCUT2D eigenvalue weighted by molar-refractivity contribution is 5.84. The summed E-state index contributed by atoms with van der Waals surface area (Å²) in [7, 11) is 0. The third kappa shape index (κ3) is 17.2. The molecular formula is C70H78. The average Bonchev–Trinajstić information content (AvgIpc) is 3.31. The Kier molecular flexibility index (Phi) is 20.1. The Morgan fingerprint density at radius 1 is 0.200 bits per heavy atom. The van der Waals surface area contributed by atoms with E-state index in [1.165, 1.54) is 128 Å². The summed E-state index contributed by atoms with van der Waals surface area (Å²) in [5, 5.41) is 0. The average molecular weight is 919 g/mol. The van der Waals surface area contributed by atoms with Crippen molar-refractivity contribution in [3.8, 4) is 33.4 Å². The van der Waals surface area contributed by atoms with E-state index in [0.29, 0.717) is 0 Å².